The molecule has 0 bridgehead atoms. The zero-order valence-corrected chi connectivity index (χ0v) is 8.83. The monoisotopic (exact) mass is 243 g/mol. The molecule has 1 nitrogen and oxygen atoms in total. The van der Waals surface area contributed by atoms with E-state index in [9.17, 15) is 0 Å². The maximum absolute atomic E-state index is 5.88. The summed E-state index contributed by atoms with van der Waals surface area (Å²) in [5, 5.41) is 1.92. The Bertz CT molecular complexity index is 433. The van der Waals surface area contributed by atoms with Crippen LogP contribution in [0.5, 0.6) is 0 Å². The van der Waals surface area contributed by atoms with Gasteiger partial charge in [0.1, 0.15) is 0 Å². The van der Waals surface area contributed by atoms with Gasteiger partial charge in [0.2, 0.25) is 0 Å². The number of aromatic amines is 1. The van der Waals surface area contributed by atoms with E-state index >= 15 is 0 Å². The lowest BCUT2D eigenvalue weighted by Crippen LogP contribution is -1.70. The van der Waals surface area contributed by atoms with E-state index in [-0.39, 0.29) is 0 Å². The Morgan fingerprint density at radius 1 is 1.33 bits per heavy atom. The fraction of sp³-hybridized carbons (Fsp3) is 0.111. The highest BCUT2D eigenvalue weighted by Gasteiger charge is 2.02. The van der Waals surface area contributed by atoms with Gasteiger partial charge in [-0.15, -0.1) is 0 Å². The normalized spacial score (nSPS) is 10.9. The smallest absolute Gasteiger partial charge is 0.0482 e. The van der Waals surface area contributed by atoms with E-state index in [4.69, 9.17) is 11.6 Å². The number of hydrogen-bond acceptors (Lipinski definition) is 0. The lowest BCUT2D eigenvalue weighted by molar-refractivity contribution is 1.30. The molecule has 1 heterocycles. The molecule has 62 valence electrons. The van der Waals surface area contributed by atoms with Crippen molar-refractivity contribution < 1.29 is 0 Å². The SMILES string of the molecule is Cc1cc2c(Br)cc(Cl)cc2[nH]1. The number of H-pyrrole nitrogens is 1. The second-order valence-corrected chi connectivity index (χ2v) is 4.09. The highest BCUT2D eigenvalue weighted by Crippen LogP contribution is 2.28. The van der Waals surface area contributed by atoms with Crippen LogP contribution < -0.4 is 0 Å². The summed E-state index contributed by atoms with van der Waals surface area (Å²) in [5.74, 6) is 0. The number of nitrogens with one attached hydrogen (secondary N) is 1. The number of rotatable bonds is 0. The van der Waals surface area contributed by atoms with E-state index in [1.165, 1.54) is 5.39 Å². The number of hydrogen-bond donors (Lipinski definition) is 1. The molecule has 0 fully saturated rings. The topological polar surface area (TPSA) is 15.8 Å². The third-order valence-corrected chi connectivity index (χ3v) is 2.66. The number of benzene rings is 1. The first-order chi connectivity index (χ1) is 5.66. The van der Waals surface area contributed by atoms with Gasteiger partial charge in [0.05, 0.1) is 0 Å². The Balaban J connectivity index is 2.88. The molecule has 0 aliphatic carbocycles. The fourth-order valence-electron chi connectivity index (χ4n) is 1.30. The van der Waals surface area contributed by atoms with Crippen LogP contribution in [0.3, 0.4) is 0 Å². The van der Waals surface area contributed by atoms with Crippen LogP contribution in [0.25, 0.3) is 10.9 Å². The van der Waals surface area contributed by atoms with E-state index in [1.54, 1.807) is 0 Å². The summed E-state index contributed by atoms with van der Waals surface area (Å²) < 4.78 is 1.04. The number of halogens is 2. The van der Waals surface area contributed by atoms with Gasteiger partial charge in [-0.2, -0.15) is 0 Å². The third-order valence-electron chi connectivity index (χ3n) is 1.79. The summed E-state index contributed by atoms with van der Waals surface area (Å²) in [4.78, 5) is 3.23. The predicted octanol–water partition coefficient (Wildman–Crippen LogP) is 3.89. The van der Waals surface area contributed by atoms with Gasteiger partial charge in [-0.1, -0.05) is 27.5 Å². The minimum Gasteiger partial charge on any atom is -0.359 e. The van der Waals surface area contributed by atoms with E-state index in [0.717, 1.165) is 20.7 Å². The van der Waals surface area contributed by atoms with E-state index in [0.29, 0.717) is 0 Å². The second kappa shape index (κ2) is 2.79. The summed E-state index contributed by atoms with van der Waals surface area (Å²) >= 11 is 9.34. The largest absolute Gasteiger partial charge is 0.359 e. The van der Waals surface area contributed by atoms with Crippen LogP contribution in [0, 0.1) is 6.92 Å². The molecule has 2 rings (SSSR count). The van der Waals surface area contributed by atoms with Crippen LogP contribution in [-0.4, -0.2) is 4.98 Å². The molecule has 0 saturated heterocycles. The molecule has 0 atom stereocenters. The molecule has 0 unspecified atom stereocenters. The van der Waals surface area contributed by atoms with Crippen LogP contribution >= 0.6 is 27.5 Å². The molecule has 0 amide bonds. The van der Waals surface area contributed by atoms with Crippen molar-refractivity contribution in [1.82, 2.24) is 4.98 Å². The number of aromatic nitrogens is 1. The van der Waals surface area contributed by atoms with Crippen LogP contribution in [0.1, 0.15) is 5.69 Å². The zero-order chi connectivity index (χ0) is 8.72. The van der Waals surface area contributed by atoms with Gasteiger partial charge in [0.25, 0.3) is 0 Å². The van der Waals surface area contributed by atoms with Gasteiger partial charge in [-0.05, 0) is 25.1 Å². The lowest BCUT2D eigenvalue weighted by Gasteiger charge is -1.94. The van der Waals surface area contributed by atoms with Crippen molar-refractivity contribution in [2.45, 2.75) is 6.92 Å². The Morgan fingerprint density at radius 3 is 2.83 bits per heavy atom. The van der Waals surface area contributed by atoms with Crippen molar-refractivity contribution in [3.8, 4) is 0 Å². The molecule has 12 heavy (non-hydrogen) atoms. The van der Waals surface area contributed by atoms with Crippen LogP contribution in [0.2, 0.25) is 5.02 Å². The molecule has 0 aliphatic heterocycles. The average Bonchev–Trinajstić information content (AvgIpc) is 2.29. The van der Waals surface area contributed by atoms with E-state index in [1.807, 2.05) is 19.1 Å². The van der Waals surface area contributed by atoms with Crippen LogP contribution in [-0.2, 0) is 0 Å². The highest BCUT2D eigenvalue weighted by atomic mass is 79.9. The molecule has 1 aromatic carbocycles. The van der Waals surface area contributed by atoms with Crippen molar-refractivity contribution in [3.63, 3.8) is 0 Å². The molecule has 0 aliphatic rings. The Kier molecular flexibility index (Phi) is 1.89. The van der Waals surface area contributed by atoms with Gasteiger partial charge in [0, 0.05) is 26.1 Å². The van der Waals surface area contributed by atoms with Crippen molar-refractivity contribution >= 4 is 38.4 Å². The van der Waals surface area contributed by atoms with Gasteiger partial charge >= 0.3 is 0 Å². The van der Waals surface area contributed by atoms with E-state index < -0.39 is 0 Å². The molecule has 1 aromatic heterocycles. The maximum Gasteiger partial charge on any atom is 0.0482 e. The standard InChI is InChI=1S/C9H7BrClN/c1-5-2-7-8(10)3-6(11)4-9(7)12-5/h2-4,12H,1H3. The predicted molar refractivity (Wildman–Crippen MR) is 55.7 cm³/mol. The van der Waals surface area contributed by atoms with E-state index in [2.05, 4.69) is 27.0 Å². The van der Waals surface area contributed by atoms with Crippen molar-refractivity contribution in [2.24, 2.45) is 0 Å². The molecular formula is C9H7BrClN. The summed E-state index contributed by atoms with van der Waals surface area (Å²) in [6.07, 6.45) is 0. The average molecular weight is 245 g/mol. The lowest BCUT2D eigenvalue weighted by atomic mass is 10.2. The van der Waals surface area contributed by atoms with Crippen LogP contribution in [0.15, 0.2) is 22.7 Å². The Hall–Kier alpha value is -0.470. The maximum atomic E-state index is 5.88. The minimum absolute atomic E-state index is 0.747. The number of aryl methyl sites for hydroxylation is 1. The number of fused-ring (bicyclic) bond motifs is 1. The van der Waals surface area contributed by atoms with Crippen molar-refractivity contribution in [1.29, 1.82) is 0 Å². The summed E-state index contributed by atoms with van der Waals surface area (Å²) in [6, 6.07) is 5.92. The molecule has 1 N–H and O–H groups in total. The van der Waals surface area contributed by atoms with Gasteiger partial charge in [-0.3, -0.25) is 0 Å². The second-order valence-electron chi connectivity index (χ2n) is 2.80. The molecule has 0 saturated carbocycles. The third kappa shape index (κ3) is 1.25. The fourth-order valence-corrected chi connectivity index (χ4v) is 2.22. The Labute approximate surface area is 83.9 Å². The van der Waals surface area contributed by atoms with Gasteiger partial charge < -0.3 is 4.98 Å². The highest BCUT2D eigenvalue weighted by molar-refractivity contribution is 9.10. The van der Waals surface area contributed by atoms with Gasteiger partial charge in [0.15, 0.2) is 0 Å². The molecule has 0 radical (unpaired) electrons. The Morgan fingerprint density at radius 2 is 2.08 bits per heavy atom. The molecule has 3 heteroatoms. The molecular weight excluding hydrogens is 237 g/mol. The quantitative estimate of drug-likeness (QED) is 0.724. The first-order valence-electron chi connectivity index (χ1n) is 3.61. The molecule has 2 aromatic rings. The summed E-state index contributed by atoms with van der Waals surface area (Å²) in [6.45, 7) is 2.03. The van der Waals surface area contributed by atoms with Gasteiger partial charge in [-0.25, -0.2) is 0 Å². The zero-order valence-electron chi connectivity index (χ0n) is 6.49. The molecule has 0 spiro atoms. The van der Waals surface area contributed by atoms with Crippen molar-refractivity contribution in [2.75, 3.05) is 0 Å². The first kappa shape index (κ1) is 8.14. The van der Waals surface area contributed by atoms with Crippen molar-refractivity contribution in [3.05, 3.63) is 33.4 Å². The minimum atomic E-state index is 0.747. The van der Waals surface area contributed by atoms with Crippen LogP contribution in [0.4, 0.5) is 0 Å². The first-order valence-corrected chi connectivity index (χ1v) is 4.78. The summed E-state index contributed by atoms with van der Waals surface area (Å²) in [7, 11) is 0. The summed E-state index contributed by atoms with van der Waals surface area (Å²) in [5.41, 5.74) is 2.22.